The fraction of sp³-hybridized carbons (Fsp3) is 0.0976. The van der Waals surface area contributed by atoms with Gasteiger partial charge in [0, 0.05) is 43.0 Å². The molecular weight excluding hydrogens is 773 g/mol. The minimum Gasteiger partial charge on any atom is -0.512 e. The molecule has 6 nitrogen and oxygen atoms in total. The third-order valence-electron chi connectivity index (χ3n) is 7.95. The molecular formula is C41H34IrN4O2. The van der Waals surface area contributed by atoms with E-state index >= 15 is 0 Å². The summed E-state index contributed by atoms with van der Waals surface area (Å²) >= 11 is 0. The molecule has 0 amide bonds. The van der Waals surface area contributed by atoms with Crippen LogP contribution in [0.4, 0.5) is 0 Å². The van der Waals surface area contributed by atoms with Crippen LogP contribution in [0.15, 0.2) is 127 Å². The maximum Gasteiger partial charge on any atom is 0.316 e. The van der Waals surface area contributed by atoms with Crippen molar-refractivity contribution in [1.82, 2.24) is 19.9 Å². The zero-order chi connectivity index (χ0) is 32.9. The van der Waals surface area contributed by atoms with Crippen LogP contribution in [0, 0.1) is 19.9 Å². The molecule has 0 fully saturated rings. The summed E-state index contributed by atoms with van der Waals surface area (Å²) < 4.78 is 0. The molecule has 0 saturated carbocycles. The molecule has 2 aromatic heterocycles. The number of hydrogen-bond acceptors (Lipinski definition) is 5. The van der Waals surface area contributed by atoms with E-state index in [4.69, 9.17) is 29.8 Å². The van der Waals surface area contributed by atoms with Crippen LogP contribution in [-0.4, -0.2) is 35.6 Å². The summed E-state index contributed by atoms with van der Waals surface area (Å²) in [5.41, 5.74) is 7.13. The van der Waals surface area contributed by atoms with Gasteiger partial charge < -0.3 is 10.1 Å². The summed E-state index contributed by atoms with van der Waals surface area (Å²) in [7, 11) is 0. The van der Waals surface area contributed by atoms with E-state index in [1.807, 2.05) is 79.0 Å². The van der Waals surface area contributed by atoms with Gasteiger partial charge in [-0.3, -0.25) is 4.79 Å². The zero-order valence-corrected chi connectivity index (χ0v) is 29.5. The Morgan fingerprint density at radius 3 is 1.67 bits per heavy atom. The van der Waals surface area contributed by atoms with Gasteiger partial charge in [0.05, 0.1) is 18.8 Å². The van der Waals surface area contributed by atoms with E-state index in [-0.39, 0.29) is 31.6 Å². The van der Waals surface area contributed by atoms with Crippen LogP contribution < -0.4 is 0 Å². The number of rotatable bonds is 5. The van der Waals surface area contributed by atoms with Crippen LogP contribution >= 0.6 is 0 Å². The molecule has 0 aliphatic heterocycles. The molecule has 0 aliphatic rings. The summed E-state index contributed by atoms with van der Waals surface area (Å²) in [4.78, 5) is 27.7. The molecule has 0 aliphatic carbocycles. The van der Waals surface area contributed by atoms with Crippen molar-refractivity contribution in [3.8, 4) is 45.4 Å². The number of aromatic nitrogens is 4. The second-order valence-corrected chi connectivity index (χ2v) is 11.4. The number of nitrogens with zero attached hydrogens (tertiary/aromatic N) is 4. The number of aliphatic hydroxyl groups excluding tert-OH is 1. The van der Waals surface area contributed by atoms with E-state index in [1.165, 1.54) is 52.6 Å². The van der Waals surface area contributed by atoms with Gasteiger partial charge >= 0.3 is 5.78 Å². The molecule has 5 aromatic carbocycles. The Morgan fingerprint density at radius 2 is 1.17 bits per heavy atom. The van der Waals surface area contributed by atoms with Crippen LogP contribution in [0.5, 0.6) is 0 Å². The smallest absolute Gasteiger partial charge is 0.316 e. The number of carbonyl (C=O) groups excluding carboxylic acids is 1. The standard InChI is InChI=1S/C36H25N4.C5H8O2.Ir/c1-23-24(2)32-21-27(17-19-31(32)30-16-10-9-15-29(23)30)33-20-18-28(22-37-33)36-39-34(25-11-5-3-6-12-25)38-35(40-36)26-13-7-4-8-14-26;1-4(6)3-5(2)7;/h3-16,18-22H,1-2H3;3,6H,1-2H3;/q-1;;/p+1/b;4-3-;. The first-order chi connectivity index (χ1) is 22.8. The summed E-state index contributed by atoms with van der Waals surface area (Å²) in [6, 6.07) is 40.4. The van der Waals surface area contributed by atoms with Crippen molar-refractivity contribution in [1.29, 1.82) is 0 Å². The fourth-order valence-electron chi connectivity index (χ4n) is 5.55. The second kappa shape index (κ2) is 15.0. The molecule has 2 N–H and O–H groups in total. The largest absolute Gasteiger partial charge is 0.512 e. The summed E-state index contributed by atoms with van der Waals surface area (Å²) in [5.74, 6) is 2.11. The van der Waals surface area contributed by atoms with Gasteiger partial charge in [-0.1, -0.05) is 119 Å². The minimum absolute atomic E-state index is 0. The molecule has 0 bridgehead atoms. The van der Waals surface area contributed by atoms with Crippen LogP contribution in [0.2, 0.25) is 0 Å². The molecule has 48 heavy (non-hydrogen) atoms. The van der Waals surface area contributed by atoms with E-state index in [1.54, 1.807) is 0 Å². The van der Waals surface area contributed by atoms with Crippen molar-refractivity contribution in [3.63, 3.8) is 0 Å². The number of aryl methyl sites for hydroxylation is 2. The number of hydrogen-bond donors (Lipinski definition) is 1. The molecule has 7 aromatic rings. The summed E-state index contributed by atoms with van der Waals surface area (Å²) in [6.07, 6.45) is 3.12. The molecule has 0 atom stereocenters. The van der Waals surface area contributed by atoms with Gasteiger partial charge in [-0.2, -0.15) is 0 Å². The van der Waals surface area contributed by atoms with Gasteiger partial charge in [-0.15, -0.1) is 23.8 Å². The summed E-state index contributed by atoms with van der Waals surface area (Å²) in [6.45, 7) is 7.39. The van der Waals surface area contributed by atoms with E-state index in [2.05, 4.69) is 56.3 Å². The number of pyridine rings is 1. The monoisotopic (exact) mass is 807 g/mol. The molecule has 239 valence electrons. The number of allylic oxidation sites excluding steroid dienone is 2. The van der Waals surface area contributed by atoms with Crippen LogP contribution in [0.1, 0.15) is 25.0 Å². The Kier molecular flexibility index (Phi) is 10.6. The first-order valence-corrected chi connectivity index (χ1v) is 15.4. The molecule has 0 saturated heterocycles. The van der Waals surface area contributed by atoms with Crippen molar-refractivity contribution in [2.45, 2.75) is 27.7 Å². The van der Waals surface area contributed by atoms with Crippen molar-refractivity contribution in [3.05, 3.63) is 144 Å². The van der Waals surface area contributed by atoms with Crippen LogP contribution in [-0.2, 0) is 20.1 Å². The third kappa shape index (κ3) is 7.44. The van der Waals surface area contributed by atoms with Gasteiger partial charge in [0.15, 0.2) is 17.5 Å². The topological polar surface area (TPSA) is 93.2 Å². The van der Waals surface area contributed by atoms with Crippen molar-refractivity contribution in [2.75, 3.05) is 0 Å². The van der Waals surface area contributed by atoms with Crippen LogP contribution in [0.25, 0.3) is 67.0 Å². The van der Waals surface area contributed by atoms with Gasteiger partial charge in [-0.05, 0) is 37.4 Å². The quantitative estimate of drug-likeness (QED) is 0.0615. The van der Waals surface area contributed by atoms with Crippen molar-refractivity contribution >= 4 is 27.3 Å². The molecule has 7 heteroatoms. The van der Waals surface area contributed by atoms with Gasteiger partial charge in [0.25, 0.3) is 0 Å². The Hall–Kier alpha value is -5.36. The van der Waals surface area contributed by atoms with E-state index in [9.17, 15) is 0 Å². The maximum absolute atomic E-state index is 8.40. The fourth-order valence-corrected chi connectivity index (χ4v) is 5.55. The Bertz CT molecular complexity index is 2190. The first kappa shape index (κ1) is 34.0. The number of fused-ring (bicyclic) bond motifs is 3. The zero-order valence-electron chi connectivity index (χ0n) is 27.1. The predicted molar refractivity (Wildman–Crippen MR) is 192 cm³/mol. The Labute approximate surface area is 293 Å². The third-order valence-corrected chi connectivity index (χ3v) is 7.95. The minimum atomic E-state index is 0. The van der Waals surface area contributed by atoms with E-state index < -0.39 is 0 Å². The van der Waals surface area contributed by atoms with Crippen LogP contribution in [0.3, 0.4) is 0 Å². The van der Waals surface area contributed by atoms with Crippen molar-refractivity contribution < 1.29 is 30.0 Å². The normalized spacial score (nSPS) is 11.0. The SMILES string of the molecule is CC(=[OH+])/C=C(/C)O.Cc1c(C)c2ccccc2c2c[c-]c(-c3ccc(-c4nc(-c5ccccc5)nc(-c5ccccc5)n4)cn3)cc12.[Ir]. The van der Waals surface area contributed by atoms with Gasteiger partial charge in [-0.25, -0.2) is 15.0 Å². The molecule has 2 heterocycles. The Balaban J connectivity index is 0.000000511. The van der Waals surface area contributed by atoms with Gasteiger partial charge in [0.1, 0.15) is 0 Å². The predicted octanol–water partition coefficient (Wildman–Crippen LogP) is 9.67. The molecule has 7 rings (SSSR count). The molecule has 0 spiro atoms. The second-order valence-electron chi connectivity index (χ2n) is 11.4. The molecule has 0 unspecified atom stereocenters. The number of benzene rings is 5. The van der Waals surface area contributed by atoms with Gasteiger partial charge in [0.2, 0.25) is 0 Å². The summed E-state index contributed by atoms with van der Waals surface area (Å²) in [5, 5.41) is 13.4. The average molecular weight is 807 g/mol. The average Bonchev–Trinajstić information content (AvgIpc) is 3.11. The number of aliphatic hydroxyl groups is 1. The first-order valence-electron chi connectivity index (χ1n) is 15.4. The maximum atomic E-state index is 8.40. The Morgan fingerprint density at radius 1 is 0.646 bits per heavy atom. The van der Waals surface area contributed by atoms with Crippen molar-refractivity contribution in [2.24, 2.45) is 0 Å². The van der Waals surface area contributed by atoms with E-state index in [0.29, 0.717) is 17.5 Å². The molecule has 1 radical (unpaired) electrons. The number of ketones is 1. The van der Waals surface area contributed by atoms with E-state index in [0.717, 1.165) is 27.9 Å².